The largest absolute Gasteiger partial charge is 0.279 e. The molecule has 3 aromatic rings. The lowest BCUT2D eigenvalue weighted by Crippen LogP contribution is -2.02. The van der Waals surface area contributed by atoms with Crippen LogP contribution in [0.3, 0.4) is 0 Å². The normalized spacial score (nSPS) is 11.6. The first-order valence-electron chi connectivity index (χ1n) is 7.82. The zero-order valence-corrected chi connectivity index (χ0v) is 14.6. The maximum absolute atomic E-state index is 12.6. The second kappa shape index (κ2) is 7.32. The molecule has 0 aliphatic carbocycles. The number of hydrazone groups is 1. The summed E-state index contributed by atoms with van der Waals surface area (Å²) in [6, 6.07) is 23.1. The molecule has 126 valence electrons. The first-order valence-corrected chi connectivity index (χ1v) is 9.30. The van der Waals surface area contributed by atoms with Crippen LogP contribution in [0.1, 0.15) is 11.1 Å². The molecule has 0 amide bonds. The number of nitrogens with zero attached hydrogens (tertiary/aromatic N) is 1. The van der Waals surface area contributed by atoms with Crippen LogP contribution in [0.4, 0.5) is 5.69 Å². The zero-order valence-electron chi connectivity index (χ0n) is 13.8. The van der Waals surface area contributed by atoms with Gasteiger partial charge >= 0.3 is 0 Å². The highest BCUT2D eigenvalue weighted by molar-refractivity contribution is 7.91. The highest BCUT2D eigenvalue weighted by atomic mass is 32.2. The van der Waals surface area contributed by atoms with Crippen molar-refractivity contribution in [3.8, 4) is 0 Å². The summed E-state index contributed by atoms with van der Waals surface area (Å²) in [6.07, 6.45) is 1.65. The first kappa shape index (κ1) is 16.9. The second-order valence-corrected chi connectivity index (χ2v) is 7.57. The summed E-state index contributed by atoms with van der Waals surface area (Å²) in [4.78, 5) is 0.565. The molecule has 3 rings (SSSR count). The van der Waals surface area contributed by atoms with Gasteiger partial charge in [0.05, 0.1) is 21.7 Å². The molecule has 3 aromatic carbocycles. The fraction of sp³-hybridized carbons (Fsp3) is 0.0500. The summed E-state index contributed by atoms with van der Waals surface area (Å²) in [5.41, 5.74) is 5.64. The lowest BCUT2D eigenvalue weighted by molar-refractivity contribution is 0.596. The van der Waals surface area contributed by atoms with Crippen LogP contribution in [0.2, 0.25) is 0 Å². The van der Waals surface area contributed by atoms with Gasteiger partial charge in [0.25, 0.3) is 0 Å². The third-order valence-corrected chi connectivity index (χ3v) is 5.49. The van der Waals surface area contributed by atoms with E-state index in [1.54, 1.807) is 54.7 Å². The molecule has 25 heavy (non-hydrogen) atoms. The summed E-state index contributed by atoms with van der Waals surface area (Å²) in [5.74, 6) is 0. The van der Waals surface area contributed by atoms with Crippen molar-refractivity contribution in [1.82, 2.24) is 0 Å². The minimum Gasteiger partial charge on any atom is -0.279 e. The van der Waals surface area contributed by atoms with E-state index in [9.17, 15) is 8.42 Å². The average molecular weight is 350 g/mol. The third-order valence-electron chi connectivity index (χ3n) is 3.70. The van der Waals surface area contributed by atoms with Crippen molar-refractivity contribution < 1.29 is 8.42 Å². The SMILES string of the molecule is Cc1ccc(S(=O)(=O)c2ccc(C=NNc3ccccc3)cc2)cc1. The van der Waals surface area contributed by atoms with Gasteiger partial charge in [0.2, 0.25) is 9.84 Å². The number of benzene rings is 3. The Morgan fingerprint density at radius 1 is 0.800 bits per heavy atom. The van der Waals surface area contributed by atoms with Crippen LogP contribution >= 0.6 is 0 Å². The van der Waals surface area contributed by atoms with Gasteiger partial charge in [-0.1, -0.05) is 48.0 Å². The molecular formula is C20H18N2O2S. The van der Waals surface area contributed by atoms with Gasteiger partial charge in [-0.15, -0.1) is 0 Å². The molecule has 0 heterocycles. The number of sulfone groups is 1. The summed E-state index contributed by atoms with van der Waals surface area (Å²) < 4.78 is 25.2. The number of anilines is 1. The summed E-state index contributed by atoms with van der Waals surface area (Å²) in [7, 11) is -3.50. The van der Waals surface area contributed by atoms with Crippen molar-refractivity contribution >= 4 is 21.7 Å². The molecule has 0 aliphatic heterocycles. The van der Waals surface area contributed by atoms with Crippen molar-refractivity contribution in [3.63, 3.8) is 0 Å². The van der Waals surface area contributed by atoms with Crippen LogP contribution < -0.4 is 5.43 Å². The Labute approximate surface area is 147 Å². The minimum absolute atomic E-state index is 0.268. The lowest BCUT2D eigenvalue weighted by Gasteiger charge is -2.05. The van der Waals surface area contributed by atoms with E-state index >= 15 is 0 Å². The van der Waals surface area contributed by atoms with Gasteiger partial charge in [-0.3, -0.25) is 5.43 Å². The van der Waals surface area contributed by atoms with E-state index in [4.69, 9.17) is 0 Å². The number of hydrogen-bond donors (Lipinski definition) is 1. The Kier molecular flexibility index (Phi) is 4.95. The van der Waals surface area contributed by atoms with Crippen molar-refractivity contribution in [2.45, 2.75) is 16.7 Å². The Bertz CT molecular complexity index is 962. The molecule has 0 spiro atoms. The molecule has 4 nitrogen and oxygen atoms in total. The number of para-hydroxylation sites is 1. The zero-order chi connectivity index (χ0) is 17.7. The second-order valence-electron chi connectivity index (χ2n) is 5.62. The predicted molar refractivity (Wildman–Crippen MR) is 101 cm³/mol. The molecule has 5 heteroatoms. The summed E-state index contributed by atoms with van der Waals surface area (Å²) in [6.45, 7) is 1.92. The number of nitrogens with one attached hydrogen (secondary N) is 1. The summed E-state index contributed by atoms with van der Waals surface area (Å²) >= 11 is 0. The molecular weight excluding hydrogens is 332 g/mol. The van der Waals surface area contributed by atoms with Crippen molar-refractivity contribution in [2.75, 3.05) is 5.43 Å². The van der Waals surface area contributed by atoms with E-state index in [1.165, 1.54) is 0 Å². The van der Waals surface area contributed by atoms with Crippen LogP contribution in [0.5, 0.6) is 0 Å². The van der Waals surface area contributed by atoms with Gasteiger partial charge in [0.1, 0.15) is 0 Å². The highest BCUT2D eigenvalue weighted by Gasteiger charge is 2.16. The van der Waals surface area contributed by atoms with E-state index in [0.29, 0.717) is 4.90 Å². The van der Waals surface area contributed by atoms with Gasteiger partial charge < -0.3 is 0 Å². The maximum atomic E-state index is 12.6. The minimum atomic E-state index is -3.50. The van der Waals surface area contributed by atoms with Crippen LogP contribution in [0.25, 0.3) is 0 Å². The molecule has 0 aromatic heterocycles. The standard InChI is InChI=1S/C20H18N2O2S/c1-16-7-11-19(12-8-16)25(23,24)20-13-9-17(10-14-20)15-21-22-18-5-3-2-4-6-18/h2-15,22H,1H3. The van der Waals surface area contributed by atoms with Gasteiger partial charge in [-0.05, 0) is 48.9 Å². The molecule has 0 fully saturated rings. The predicted octanol–water partition coefficient (Wildman–Crippen LogP) is 4.27. The van der Waals surface area contributed by atoms with E-state index in [2.05, 4.69) is 10.5 Å². The van der Waals surface area contributed by atoms with Crippen molar-refractivity contribution in [2.24, 2.45) is 5.10 Å². The monoisotopic (exact) mass is 350 g/mol. The van der Waals surface area contributed by atoms with Crippen molar-refractivity contribution in [3.05, 3.63) is 90.0 Å². The van der Waals surface area contributed by atoms with E-state index in [1.807, 2.05) is 37.3 Å². The molecule has 0 atom stereocenters. The third kappa shape index (κ3) is 4.14. The quantitative estimate of drug-likeness (QED) is 0.552. The maximum Gasteiger partial charge on any atom is 0.206 e. The molecule has 0 saturated carbocycles. The van der Waals surface area contributed by atoms with Gasteiger partial charge in [0.15, 0.2) is 0 Å². The number of aryl methyl sites for hydroxylation is 1. The summed E-state index contributed by atoms with van der Waals surface area (Å²) in [5, 5.41) is 4.15. The van der Waals surface area contributed by atoms with E-state index in [-0.39, 0.29) is 4.90 Å². The molecule has 0 unspecified atom stereocenters. The van der Waals surface area contributed by atoms with Crippen LogP contribution in [0, 0.1) is 6.92 Å². The molecule has 0 bridgehead atoms. The highest BCUT2D eigenvalue weighted by Crippen LogP contribution is 2.21. The molecule has 0 radical (unpaired) electrons. The van der Waals surface area contributed by atoms with Gasteiger partial charge in [-0.2, -0.15) is 5.10 Å². The van der Waals surface area contributed by atoms with Crippen LogP contribution in [0.15, 0.2) is 93.8 Å². The van der Waals surface area contributed by atoms with Crippen LogP contribution in [-0.4, -0.2) is 14.6 Å². The fourth-order valence-corrected chi connectivity index (χ4v) is 3.54. The lowest BCUT2D eigenvalue weighted by atomic mass is 10.2. The molecule has 0 aliphatic rings. The first-order chi connectivity index (χ1) is 12.1. The molecule has 1 N–H and O–H groups in total. The Hall–Kier alpha value is -2.92. The van der Waals surface area contributed by atoms with Gasteiger partial charge in [0, 0.05) is 0 Å². The topological polar surface area (TPSA) is 58.5 Å². The Morgan fingerprint density at radius 3 is 1.96 bits per heavy atom. The number of hydrogen-bond acceptors (Lipinski definition) is 4. The van der Waals surface area contributed by atoms with Gasteiger partial charge in [-0.25, -0.2) is 8.42 Å². The Balaban J connectivity index is 1.74. The van der Waals surface area contributed by atoms with E-state index < -0.39 is 9.84 Å². The number of rotatable bonds is 5. The smallest absolute Gasteiger partial charge is 0.206 e. The van der Waals surface area contributed by atoms with Crippen molar-refractivity contribution in [1.29, 1.82) is 0 Å². The Morgan fingerprint density at radius 2 is 1.36 bits per heavy atom. The molecule has 0 saturated heterocycles. The van der Waals surface area contributed by atoms with E-state index in [0.717, 1.165) is 16.8 Å². The van der Waals surface area contributed by atoms with Crippen LogP contribution in [-0.2, 0) is 9.84 Å². The average Bonchev–Trinajstić information content (AvgIpc) is 2.63. The fourth-order valence-electron chi connectivity index (χ4n) is 2.28.